The predicted octanol–water partition coefficient (Wildman–Crippen LogP) is 4.01. The summed E-state index contributed by atoms with van der Waals surface area (Å²) in [5.74, 6) is 0.0691. The molecule has 0 spiro atoms. The third-order valence-corrected chi connectivity index (χ3v) is 5.48. The van der Waals surface area contributed by atoms with Gasteiger partial charge in [0.15, 0.2) is 5.78 Å². The highest BCUT2D eigenvalue weighted by atomic mass is 16.5. The van der Waals surface area contributed by atoms with Gasteiger partial charge in [-0.1, -0.05) is 60.7 Å². The molecule has 140 valence electrons. The molecule has 3 aromatic carbocycles. The van der Waals surface area contributed by atoms with Crippen LogP contribution in [0.3, 0.4) is 0 Å². The molecule has 1 aliphatic heterocycles. The number of aromatic nitrogens is 1. The van der Waals surface area contributed by atoms with Gasteiger partial charge in [0.1, 0.15) is 0 Å². The number of hydrogen-bond acceptors (Lipinski definition) is 3. The van der Waals surface area contributed by atoms with Gasteiger partial charge in [0.25, 0.3) is 0 Å². The van der Waals surface area contributed by atoms with Crippen LogP contribution in [0.15, 0.2) is 72.9 Å². The van der Waals surface area contributed by atoms with Crippen molar-refractivity contribution in [1.29, 1.82) is 0 Å². The van der Waals surface area contributed by atoms with Crippen LogP contribution in [0.4, 0.5) is 0 Å². The van der Waals surface area contributed by atoms with E-state index in [1.807, 2.05) is 66.9 Å². The Bertz CT molecular complexity index is 1150. The highest BCUT2D eigenvalue weighted by Gasteiger charge is 2.20. The normalized spacial score (nSPS) is 17.2. The van der Waals surface area contributed by atoms with Gasteiger partial charge in [-0.3, -0.25) is 4.79 Å². The molecule has 1 N–H and O–H groups in total. The summed E-state index contributed by atoms with van der Waals surface area (Å²) in [6.07, 6.45) is 2.01. The Morgan fingerprint density at radius 1 is 0.964 bits per heavy atom. The number of morpholine rings is 1. The lowest BCUT2D eigenvalue weighted by Crippen LogP contribution is -2.43. The van der Waals surface area contributed by atoms with Crippen LogP contribution in [-0.2, 0) is 11.3 Å². The van der Waals surface area contributed by atoms with Gasteiger partial charge in [-0.25, -0.2) is 0 Å². The van der Waals surface area contributed by atoms with E-state index in [1.165, 1.54) is 0 Å². The highest BCUT2D eigenvalue weighted by Crippen LogP contribution is 2.27. The van der Waals surface area contributed by atoms with Gasteiger partial charge < -0.3 is 14.6 Å². The fraction of sp³-hybridized carbons (Fsp3) is 0.208. The first-order chi connectivity index (χ1) is 13.8. The summed E-state index contributed by atoms with van der Waals surface area (Å²) in [6.45, 7) is 3.10. The quantitative estimate of drug-likeness (QED) is 0.552. The van der Waals surface area contributed by atoms with Crippen molar-refractivity contribution in [3.8, 4) is 0 Å². The van der Waals surface area contributed by atoms with E-state index in [-0.39, 0.29) is 11.8 Å². The van der Waals surface area contributed by atoms with E-state index in [2.05, 4.69) is 16.0 Å². The molecule has 1 aliphatic rings. The van der Waals surface area contributed by atoms with Crippen molar-refractivity contribution < 1.29 is 9.53 Å². The second kappa shape index (κ2) is 7.23. The molecular weight excluding hydrogens is 348 g/mol. The summed E-state index contributed by atoms with van der Waals surface area (Å²) >= 11 is 0. The first-order valence-corrected chi connectivity index (χ1v) is 9.73. The number of carbonyl (C=O) groups is 1. The largest absolute Gasteiger partial charge is 0.378 e. The molecule has 0 aliphatic carbocycles. The lowest BCUT2D eigenvalue weighted by Gasteiger charge is -2.24. The molecule has 28 heavy (non-hydrogen) atoms. The molecule has 1 aromatic heterocycles. The zero-order valence-corrected chi connectivity index (χ0v) is 15.6. The van der Waals surface area contributed by atoms with Crippen LogP contribution in [0.5, 0.6) is 0 Å². The van der Waals surface area contributed by atoms with E-state index < -0.39 is 0 Å². The molecule has 4 heteroatoms. The van der Waals surface area contributed by atoms with Gasteiger partial charge in [-0.2, -0.15) is 0 Å². The Labute approximate surface area is 163 Å². The molecule has 0 radical (unpaired) electrons. The van der Waals surface area contributed by atoms with Crippen LogP contribution in [-0.4, -0.2) is 36.2 Å². The first kappa shape index (κ1) is 17.2. The SMILES string of the molecule is O=C(c1cccc2ccccc12)c1cn(C[C@@H]2COCCN2)c2ccccc12. The summed E-state index contributed by atoms with van der Waals surface area (Å²) in [5.41, 5.74) is 2.59. The molecule has 5 rings (SSSR count). The molecule has 2 heterocycles. The van der Waals surface area contributed by atoms with Crippen molar-refractivity contribution in [3.63, 3.8) is 0 Å². The molecule has 0 unspecified atom stereocenters. The second-order valence-corrected chi connectivity index (χ2v) is 7.29. The van der Waals surface area contributed by atoms with Crippen LogP contribution in [0.2, 0.25) is 0 Å². The predicted molar refractivity (Wildman–Crippen MR) is 112 cm³/mol. The van der Waals surface area contributed by atoms with E-state index >= 15 is 0 Å². The van der Waals surface area contributed by atoms with Gasteiger partial charge in [-0.15, -0.1) is 0 Å². The van der Waals surface area contributed by atoms with E-state index in [1.54, 1.807) is 0 Å². The van der Waals surface area contributed by atoms with E-state index in [0.717, 1.165) is 52.5 Å². The van der Waals surface area contributed by atoms with E-state index in [0.29, 0.717) is 6.61 Å². The van der Waals surface area contributed by atoms with Crippen molar-refractivity contribution >= 4 is 27.5 Å². The Balaban J connectivity index is 1.59. The molecule has 4 aromatic rings. The van der Waals surface area contributed by atoms with E-state index in [9.17, 15) is 4.79 Å². The van der Waals surface area contributed by atoms with Crippen molar-refractivity contribution in [2.24, 2.45) is 0 Å². The van der Waals surface area contributed by atoms with Crippen molar-refractivity contribution in [2.45, 2.75) is 12.6 Å². The number of nitrogens with one attached hydrogen (secondary N) is 1. The highest BCUT2D eigenvalue weighted by molar-refractivity contribution is 6.21. The van der Waals surface area contributed by atoms with Crippen LogP contribution in [0.1, 0.15) is 15.9 Å². The van der Waals surface area contributed by atoms with Gasteiger partial charge in [0, 0.05) is 47.4 Å². The van der Waals surface area contributed by atoms with E-state index in [4.69, 9.17) is 4.74 Å². The molecule has 1 fully saturated rings. The zero-order chi connectivity index (χ0) is 18.9. The summed E-state index contributed by atoms with van der Waals surface area (Å²) in [7, 11) is 0. The standard InChI is InChI=1S/C24H22N2O2/c27-24(21-10-5-7-17-6-1-2-8-19(17)21)22-15-26(14-18-16-28-13-12-25-18)23-11-4-3-9-20(22)23/h1-11,15,18,25H,12-14,16H2/t18-/m1/s1. The lowest BCUT2D eigenvalue weighted by atomic mass is 9.97. The number of rotatable bonds is 4. The van der Waals surface area contributed by atoms with Gasteiger partial charge in [0.05, 0.1) is 13.2 Å². The summed E-state index contributed by atoms with van der Waals surface area (Å²) < 4.78 is 7.78. The summed E-state index contributed by atoms with van der Waals surface area (Å²) in [5, 5.41) is 6.57. The number of nitrogens with zero attached hydrogens (tertiary/aromatic N) is 1. The Hall–Kier alpha value is -2.95. The third kappa shape index (κ3) is 3.01. The fourth-order valence-electron chi connectivity index (χ4n) is 4.12. The number of para-hydroxylation sites is 1. The topological polar surface area (TPSA) is 43.3 Å². The van der Waals surface area contributed by atoms with Crippen molar-refractivity contribution in [3.05, 3.63) is 84.1 Å². The third-order valence-electron chi connectivity index (χ3n) is 5.48. The average Bonchev–Trinajstić information content (AvgIpc) is 3.12. The monoisotopic (exact) mass is 370 g/mol. The zero-order valence-electron chi connectivity index (χ0n) is 15.6. The van der Waals surface area contributed by atoms with Gasteiger partial charge in [0.2, 0.25) is 0 Å². The molecule has 1 saturated heterocycles. The Morgan fingerprint density at radius 3 is 2.61 bits per heavy atom. The Morgan fingerprint density at radius 2 is 1.75 bits per heavy atom. The maximum absolute atomic E-state index is 13.5. The molecular formula is C24H22N2O2. The maximum atomic E-state index is 13.5. The van der Waals surface area contributed by atoms with Gasteiger partial charge in [-0.05, 0) is 16.8 Å². The number of hydrogen-bond donors (Lipinski definition) is 1. The molecule has 0 saturated carbocycles. The van der Waals surface area contributed by atoms with Crippen LogP contribution < -0.4 is 5.32 Å². The van der Waals surface area contributed by atoms with Crippen molar-refractivity contribution in [2.75, 3.05) is 19.8 Å². The second-order valence-electron chi connectivity index (χ2n) is 7.29. The fourth-order valence-corrected chi connectivity index (χ4v) is 4.12. The number of fused-ring (bicyclic) bond motifs is 2. The molecule has 1 atom stereocenters. The molecule has 4 nitrogen and oxygen atoms in total. The minimum absolute atomic E-state index is 0.0691. The van der Waals surface area contributed by atoms with Crippen molar-refractivity contribution in [1.82, 2.24) is 9.88 Å². The van der Waals surface area contributed by atoms with Crippen LogP contribution >= 0.6 is 0 Å². The first-order valence-electron chi connectivity index (χ1n) is 9.73. The number of carbonyl (C=O) groups excluding carboxylic acids is 1. The number of ether oxygens (including phenoxy) is 1. The maximum Gasteiger partial charge on any atom is 0.195 e. The van der Waals surface area contributed by atoms with Gasteiger partial charge >= 0.3 is 0 Å². The number of benzene rings is 3. The summed E-state index contributed by atoms with van der Waals surface area (Å²) in [4.78, 5) is 13.5. The minimum atomic E-state index is 0.0691. The smallest absolute Gasteiger partial charge is 0.195 e. The number of ketones is 1. The lowest BCUT2D eigenvalue weighted by molar-refractivity contribution is 0.0718. The molecule has 0 bridgehead atoms. The minimum Gasteiger partial charge on any atom is -0.378 e. The van der Waals surface area contributed by atoms with Crippen LogP contribution in [0, 0.1) is 0 Å². The summed E-state index contributed by atoms with van der Waals surface area (Å²) in [6, 6.07) is 22.4. The molecule has 0 amide bonds. The average molecular weight is 370 g/mol. The van der Waals surface area contributed by atoms with Crippen LogP contribution in [0.25, 0.3) is 21.7 Å². The Kier molecular flexibility index (Phi) is 4.43.